The van der Waals surface area contributed by atoms with Crippen molar-refractivity contribution in [3.8, 4) is 22.5 Å². The van der Waals surface area contributed by atoms with Gasteiger partial charge in [-0.1, -0.05) is 66.2 Å². The molecule has 7 heteroatoms. The zero-order chi connectivity index (χ0) is 21.3. The van der Waals surface area contributed by atoms with Gasteiger partial charge in [0.1, 0.15) is 0 Å². The van der Waals surface area contributed by atoms with Gasteiger partial charge in [-0.2, -0.15) is 0 Å². The Bertz CT molecular complexity index is 1310. The predicted molar refractivity (Wildman–Crippen MR) is 117 cm³/mol. The zero-order valence-corrected chi connectivity index (χ0v) is 17.5. The van der Waals surface area contributed by atoms with Crippen LogP contribution >= 0.6 is 11.6 Å². The minimum absolute atomic E-state index is 0.202. The molecule has 4 aromatic rings. The van der Waals surface area contributed by atoms with Crippen molar-refractivity contribution in [2.75, 3.05) is 6.26 Å². The first-order valence-corrected chi connectivity index (χ1v) is 11.4. The average Bonchev–Trinajstić information content (AvgIpc) is 3.19. The normalized spacial score (nSPS) is 11.4. The lowest BCUT2D eigenvalue weighted by Crippen LogP contribution is -2.03. The van der Waals surface area contributed by atoms with E-state index in [0.717, 1.165) is 11.8 Å². The summed E-state index contributed by atoms with van der Waals surface area (Å²) in [6.07, 6.45) is 1.16. The van der Waals surface area contributed by atoms with E-state index in [1.807, 2.05) is 18.2 Å². The van der Waals surface area contributed by atoms with Crippen LogP contribution in [0.2, 0.25) is 5.02 Å². The molecule has 30 heavy (non-hydrogen) atoms. The molecule has 0 saturated heterocycles. The number of sulfone groups is 1. The van der Waals surface area contributed by atoms with Crippen LogP contribution in [0.4, 0.5) is 0 Å². The molecule has 1 aromatic heterocycles. The standard InChI is InChI=1S/C23H17ClN2O3S/c1-30(28,29)19-13-9-16(10-14-19)21-20(15-7-11-18(24)12-8-15)25-23(26-21)22(27)17-5-3-2-4-6-17/h2-14H,1H3,(H,25,26). The van der Waals surface area contributed by atoms with Crippen LogP contribution in [-0.2, 0) is 9.84 Å². The summed E-state index contributed by atoms with van der Waals surface area (Å²) in [4.78, 5) is 20.8. The number of carbonyl (C=O) groups excluding carboxylic acids is 1. The van der Waals surface area contributed by atoms with Gasteiger partial charge in [0.15, 0.2) is 15.7 Å². The van der Waals surface area contributed by atoms with Gasteiger partial charge in [-0.15, -0.1) is 0 Å². The fourth-order valence-corrected chi connectivity index (χ4v) is 3.86. The number of hydrogen-bond donors (Lipinski definition) is 1. The Morgan fingerprint density at radius 2 is 1.47 bits per heavy atom. The molecule has 0 fully saturated rings. The quantitative estimate of drug-likeness (QED) is 0.445. The number of H-pyrrole nitrogens is 1. The molecule has 0 radical (unpaired) electrons. The molecule has 0 spiro atoms. The third kappa shape index (κ3) is 4.06. The first-order valence-electron chi connectivity index (χ1n) is 9.09. The Labute approximate surface area is 179 Å². The minimum atomic E-state index is -3.31. The van der Waals surface area contributed by atoms with Gasteiger partial charge in [-0.25, -0.2) is 13.4 Å². The molecule has 150 valence electrons. The smallest absolute Gasteiger partial charge is 0.228 e. The summed E-state index contributed by atoms with van der Waals surface area (Å²) in [5, 5.41) is 0.592. The fourth-order valence-electron chi connectivity index (χ4n) is 3.10. The van der Waals surface area contributed by atoms with Gasteiger partial charge in [0.05, 0.1) is 16.3 Å². The monoisotopic (exact) mass is 436 g/mol. The number of carbonyl (C=O) groups is 1. The van der Waals surface area contributed by atoms with Crippen molar-refractivity contribution >= 4 is 27.2 Å². The summed E-state index contributed by atoms with van der Waals surface area (Å²) in [5.74, 6) is -0.0295. The highest BCUT2D eigenvalue weighted by atomic mass is 35.5. The van der Waals surface area contributed by atoms with Crippen LogP contribution in [0.5, 0.6) is 0 Å². The summed E-state index contributed by atoms with van der Waals surface area (Å²) in [6.45, 7) is 0. The Morgan fingerprint density at radius 1 is 0.867 bits per heavy atom. The van der Waals surface area contributed by atoms with Crippen LogP contribution in [-0.4, -0.2) is 30.4 Å². The summed E-state index contributed by atoms with van der Waals surface area (Å²) >= 11 is 6.01. The largest absolute Gasteiger partial charge is 0.335 e. The molecule has 1 N–H and O–H groups in total. The Hall–Kier alpha value is -3.22. The molecule has 0 saturated carbocycles. The van der Waals surface area contributed by atoms with Crippen molar-refractivity contribution in [3.05, 3.63) is 95.3 Å². The number of rotatable bonds is 5. The van der Waals surface area contributed by atoms with Crippen molar-refractivity contribution < 1.29 is 13.2 Å². The van der Waals surface area contributed by atoms with Crippen LogP contribution in [0, 0.1) is 0 Å². The SMILES string of the molecule is CS(=O)(=O)c1ccc(-c2[nH]c(C(=O)c3ccccc3)nc2-c2ccc(Cl)cc2)cc1. The molecule has 3 aromatic carbocycles. The maximum atomic E-state index is 12.9. The van der Waals surface area contributed by atoms with Gasteiger partial charge >= 0.3 is 0 Å². The van der Waals surface area contributed by atoms with Crippen LogP contribution in [0.15, 0.2) is 83.8 Å². The van der Waals surface area contributed by atoms with E-state index in [9.17, 15) is 13.2 Å². The second-order valence-corrected chi connectivity index (χ2v) is 9.26. The molecule has 4 rings (SSSR count). The number of aromatic amines is 1. The first kappa shape index (κ1) is 20.1. The van der Waals surface area contributed by atoms with Gasteiger partial charge in [0.2, 0.25) is 5.78 Å². The highest BCUT2D eigenvalue weighted by Gasteiger charge is 2.20. The number of ketones is 1. The van der Waals surface area contributed by atoms with E-state index in [-0.39, 0.29) is 16.5 Å². The molecule has 1 heterocycles. The maximum absolute atomic E-state index is 12.9. The molecule has 0 aliphatic rings. The topological polar surface area (TPSA) is 79.9 Å². The molecule has 0 aliphatic heterocycles. The van der Waals surface area contributed by atoms with Gasteiger partial charge in [-0.3, -0.25) is 4.79 Å². The number of aromatic nitrogens is 2. The van der Waals surface area contributed by atoms with E-state index in [0.29, 0.717) is 27.5 Å². The number of imidazole rings is 1. The molecular formula is C23H17ClN2O3S. The molecule has 0 aliphatic carbocycles. The molecule has 5 nitrogen and oxygen atoms in total. The van der Waals surface area contributed by atoms with Crippen molar-refractivity contribution in [1.29, 1.82) is 0 Å². The van der Waals surface area contributed by atoms with E-state index in [4.69, 9.17) is 11.6 Å². The lowest BCUT2D eigenvalue weighted by Gasteiger charge is -2.05. The summed E-state index contributed by atoms with van der Waals surface area (Å²) in [6, 6.07) is 22.5. The number of nitrogens with zero attached hydrogens (tertiary/aromatic N) is 1. The molecule has 0 atom stereocenters. The van der Waals surface area contributed by atoms with Gasteiger partial charge in [0, 0.05) is 28.0 Å². The van der Waals surface area contributed by atoms with Gasteiger partial charge in [0.25, 0.3) is 0 Å². The van der Waals surface area contributed by atoms with Crippen LogP contribution in [0.3, 0.4) is 0 Å². The zero-order valence-electron chi connectivity index (χ0n) is 16.0. The molecule has 0 unspecified atom stereocenters. The Morgan fingerprint density at radius 3 is 2.07 bits per heavy atom. The summed E-state index contributed by atoms with van der Waals surface area (Å²) in [5.41, 5.74) is 3.22. The maximum Gasteiger partial charge on any atom is 0.228 e. The van der Waals surface area contributed by atoms with E-state index in [1.165, 1.54) is 12.1 Å². The van der Waals surface area contributed by atoms with E-state index >= 15 is 0 Å². The highest BCUT2D eigenvalue weighted by molar-refractivity contribution is 7.90. The molecular weight excluding hydrogens is 420 g/mol. The van der Waals surface area contributed by atoms with Crippen LogP contribution < -0.4 is 0 Å². The molecule has 0 amide bonds. The second kappa shape index (κ2) is 7.89. The highest BCUT2D eigenvalue weighted by Crippen LogP contribution is 2.32. The minimum Gasteiger partial charge on any atom is -0.335 e. The lowest BCUT2D eigenvalue weighted by atomic mass is 10.1. The van der Waals surface area contributed by atoms with E-state index in [2.05, 4.69) is 9.97 Å². The predicted octanol–water partition coefficient (Wildman–Crippen LogP) is 5.03. The number of nitrogens with one attached hydrogen (secondary N) is 1. The molecule has 0 bridgehead atoms. The Kier molecular flexibility index (Phi) is 5.28. The van der Waals surface area contributed by atoms with Crippen molar-refractivity contribution in [3.63, 3.8) is 0 Å². The van der Waals surface area contributed by atoms with Crippen molar-refractivity contribution in [2.45, 2.75) is 4.90 Å². The summed E-state index contributed by atoms with van der Waals surface area (Å²) in [7, 11) is -3.31. The second-order valence-electron chi connectivity index (χ2n) is 6.81. The number of hydrogen-bond acceptors (Lipinski definition) is 4. The van der Waals surface area contributed by atoms with E-state index in [1.54, 1.807) is 48.5 Å². The third-order valence-electron chi connectivity index (χ3n) is 4.64. The Balaban J connectivity index is 1.84. The third-order valence-corrected chi connectivity index (χ3v) is 6.02. The first-order chi connectivity index (χ1) is 14.3. The van der Waals surface area contributed by atoms with Crippen molar-refractivity contribution in [2.24, 2.45) is 0 Å². The van der Waals surface area contributed by atoms with Crippen molar-refractivity contribution in [1.82, 2.24) is 9.97 Å². The number of halogens is 1. The van der Waals surface area contributed by atoms with Gasteiger partial charge < -0.3 is 4.98 Å². The van der Waals surface area contributed by atoms with E-state index < -0.39 is 9.84 Å². The lowest BCUT2D eigenvalue weighted by molar-refractivity contribution is 0.103. The fraction of sp³-hybridized carbons (Fsp3) is 0.0435. The average molecular weight is 437 g/mol. The summed E-state index contributed by atoms with van der Waals surface area (Å²) < 4.78 is 23.5. The van der Waals surface area contributed by atoms with Gasteiger partial charge in [-0.05, 0) is 24.3 Å². The number of benzene rings is 3. The van der Waals surface area contributed by atoms with Crippen LogP contribution in [0.1, 0.15) is 16.2 Å². The van der Waals surface area contributed by atoms with Crippen LogP contribution in [0.25, 0.3) is 22.5 Å².